The van der Waals surface area contributed by atoms with Crippen molar-refractivity contribution in [1.82, 2.24) is 0 Å². The second kappa shape index (κ2) is 13.7. The first-order valence-electron chi connectivity index (χ1n) is 9.44. The van der Waals surface area contributed by atoms with Crippen molar-refractivity contribution in [3.63, 3.8) is 0 Å². The largest absolute Gasteiger partial charge is 0.504 e. The number of halogens is 1. The van der Waals surface area contributed by atoms with E-state index in [1.54, 1.807) is 33.8 Å². The van der Waals surface area contributed by atoms with Gasteiger partial charge in [0.2, 0.25) is 0 Å². The first kappa shape index (κ1) is 29.7. The molecular formula is C22H34ClNO6. The molecule has 1 unspecified atom stereocenters. The molecule has 0 saturated heterocycles. The third-order valence-electron chi connectivity index (χ3n) is 4.27. The molecule has 30 heavy (non-hydrogen) atoms. The fraction of sp³-hybridized carbons (Fsp3) is 0.455. The molecule has 0 fully saturated rings. The van der Waals surface area contributed by atoms with Crippen LogP contribution in [0.1, 0.15) is 51.7 Å². The molecule has 6 N–H and O–H groups in total. The number of phenols is 2. The van der Waals surface area contributed by atoms with Gasteiger partial charge in [-0.1, -0.05) is 52.8 Å². The van der Waals surface area contributed by atoms with Gasteiger partial charge in [0.05, 0.1) is 11.8 Å². The highest BCUT2D eigenvalue weighted by Crippen LogP contribution is 2.38. The first-order valence-corrected chi connectivity index (χ1v) is 9.44. The zero-order valence-corrected chi connectivity index (χ0v) is 19.2. The Bertz CT molecular complexity index is 818. The molecular weight excluding hydrogens is 410 g/mol. The lowest BCUT2D eigenvalue weighted by molar-refractivity contribution is -0.141. The van der Waals surface area contributed by atoms with Crippen LogP contribution >= 0.6 is 12.4 Å². The lowest BCUT2D eigenvalue weighted by Gasteiger charge is -2.15. The molecule has 2 aromatic carbocycles. The second-order valence-corrected chi connectivity index (χ2v) is 7.44. The van der Waals surface area contributed by atoms with Crippen LogP contribution in [0.3, 0.4) is 0 Å². The van der Waals surface area contributed by atoms with Crippen LogP contribution in [0.25, 0.3) is 10.8 Å². The monoisotopic (exact) mass is 443 g/mol. The predicted molar refractivity (Wildman–Crippen MR) is 122 cm³/mol. The summed E-state index contributed by atoms with van der Waals surface area (Å²) >= 11 is 0. The number of hydrogen-bond acceptors (Lipinski definition) is 5. The van der Waals surface area contributed by atoms with E-state index in [2.05, 4.69) is 6.92 Å². The van der Waals surface area contributed by atoms with E-state index in [0.29, 0.717) is 12.1 Å². The van der Waals surface area contributed by atoms with Crippen molar-refractivity contribution in [3.05, 3.63) is 35.4 Å². The number of carboxylic acids is 2. The van der Waals surface area contributed by atoms with Crippen molar-refractivity contribution >= 4 is 35.1 Å². The molecule has 0 aliphatic rings. The zero-order valence-electron chi connectivity index (χ0n) is 18.3. The quantitative estimate of drug-likeness (QED) is 0.438. The maximum absolute atomic E-state index is 9.80. The number of hydrogen-bond donors (Lipinski definition) is 5. The van der Waals surface area contributed by atoms with Crippen molar-refractivity contribution in [2.45, 2.75) is 47.5 Å². The van der Waals surface area contributed by atoms with Gasteiger partial charge in [-0.15, -0.1) is 12.4 Å². The number of fused-ring (bicyclic) bond motifs is 1. The van der Waals surface area contributed by atoms with Crippen molar-refractivity contribution < 1.29 is 30.0 Å². The van der Waals surface area contributed by atoms with Gasteiger partial charge in [-0.2, -0.15) is 0 Å². The maximum Gasteiger partial charge on any atom is 0.305 e. The number of phenolic OH excluding ortho intramolecular Hbond substituents is 2. The Morgan fingerprint density at radius 2 is 1.40 bits per heavy atom. The van der Waals surface area contributed by atoms with Crippen LogP contribution in [0, 0.1) is 18.8 Å². The average Bonchev–Trinajstić information content (AvgIpc) is 2.65. The molecule has 0 spiro atoms. The summed E-state index contributed by atoms with van der Waals surface area (Å²) in [6, 6.07) is 7.47. The molecule has 170 valence electrons. The van der Waals surface area contributed by atoms with Crippen LogP contribution in [0.4, 0.5) is 0 Å². The van der Waals surface area contributed by atoms with Crippen LogP contribution in [0.2, 0.25) is 0 Å². The number of benzene rings is 2. The predicted octanol–water partition coefficient (Wildman–Crippen LogP) is 4.50. The van der Waals surface area contributed by atoms with E-state index >= 15 is 0 Å². The van der Waals surface area contributed by atoms with Gasteiger partial charge >= 0.3 is 11.9 Å². The molecule has 8 heteroatoms. The molecule has 0 aliphatic heterocycles. The van der Waals surface area contributed by atoms with E-state index in [0.717, 1.165) is 16.3 Å². The molecule has 1 atom stereocenters. The van der Waals surface area contributed by atoms with Crippen LogP contribution in [0.15, 0.2) is 24.3 Å². The summed E-state index contributed by atoms with van der Waals surface area (Å²) in [4.78, 5) is 19.4. The smallest absolute Gasteiger partial charge is 0.305 e. The highest BCUT2D eigenvalue weighted by atomic mass is 35.5. The van der Waals surface area contributed by atoms with Crippen LogP contribution in [-0.4, -0.2) is 38.9 Å². The van der Waals surface area contributed by atoms with E-state index in [9.17, 15) is 19.8 Å². The van der Waals surface area contributed by atoms with Crippen molar-refractivity contribution in [3.8, 4) is 11.5 Å². The molecule has 0 heterocycles. The fourth-order valence-corrected chi connectivity index (χ4v) is 2.21. The molecule has 0 amide bonds. The number of nitrogens with two attached hydrogens (primary N) is 1. The van der Waals surface area contributed by atoms with Crippen LogP contribution in [-0.2, 0) is 9.59 Å². The third kappa shape index (κ3) is 8.88. The molecule has 0 aliphatic carbocycles. The number of aryl methyl sites for hydroxylation is 1. The van der Waals surface area contributed by atoms with E-state index in [-0.39, 0.29) is 41.7 Å². The van der Waals surface area contributed by atoms with E-state index in [1.165, 1.54) is 0 Å². The summed E-state index contributed by atoms with van der Waals surface area (Å²) in [5.74, 6) is -1.84. The number of carboxylic acid groups (broad SMARTS) is 2. The highest BCUT2D eigenvalue weighted by molar-refractivity contribution is 5.92. The molecule has 0 aromatic heterocycles. The molecule has 0 saturated carbocycles. The minimum absolute atomic E-state index is 0. The summed E-state index contributed by atoms with van der Waals surface area (Å²) in [5.41, 5.74) is 7.51. The lowest BCUT2D eigenvalue weighted by Crippen LogP contribution is -2.09. The molecule has 2 aromatic rings. The third-order valence-corrected chi connectivity index (χ3v) is 4.27. The molecule has 7 nitrogen and oxygen atoms in total. The Kier molecular flexibility index (Phi) is 13.5. The van der Waals surface area contributed by atoms with Gasteiger partial charge < -0.3 is 26.2 Å². The Morgan fingerprint density at radius 3 is 1.77 bits per heavy atom. The highest BCUT2D eigenvalue weighted by Gasteiger charge is 2.14. The van der Waals surface area contributed by atoms with Gasteiger partial charge in [-0.25, -0.2) is 0 Å². The maximum atomic E-state index is 9.80. The van der Waals surface area contributed by atoms with Gasteiger partial charge in [-0.3, -0.25) is 9.59 Å². The van der Waals surface area contributed by atoms with Crippen LogP contribution < -0.4 is 5.73 Å². The minimum atomic E-state index is -0.741. The Labute approximate surface area is 183 Å². The Hall–Kier alpha value is -2.51. The van der Waals surface area contributed by atoms with Gasteiger partial charge in [0.1, 0.15) is 0 Å². The minimum Gasteiger partial charge on any atom is -0.504 e. The Morgan fingerprint density at radius 1 is 0.967 bits per heavy atom. The zero-order chi connectivity index (χ0) is 22.9. The second-order valence-electron chi connectivity index (χ2n) is 7.44. The standard InChI is InChI=1S/C14H17NO2.2C4H8O2.ClH/c1-8(7-15)11-5-3-4-10-6-12(16)14(17)9(2)13(10)11;2*1-3(2)4(5)6;/h3-6,8,16-17H,7,15H2,1-2H3;2*3H,1-2H3,(H,5,6);1H. The topological polar surface area (TPSA) is 141 Å². The summed E-state index contributed by atoms with van der Waals surface area (Å²) in [6.45, 7) is 11.0. The molecule has 0 radical (unpaired) electrons. The number of rotatable bonds is 4. The number of carbonyl (C=O) groups is 2. The lowest BCUT2D eigenvalue weighted by atomic mass is 9.91. The van der Waals surface area contributed by atoms with Gasteiger partial charge in [0.25, 0.3) is 0 Å². The summed E-state index contributed by atoms with van der Waals surface area (Å²) < 4.78 is 0. The summed E-state index contributed by atoms with van der Waals surface area (Å²) in [5, 5.41) is 37.3. The summed E-state index contributed by atoms with van der Waals surface area (Å²) in [7, 11) is 0. The van der Waals surface area contributed by atoms with Gasteiger partial charge in [0, 0.05) is 5.56 Å². The van der Waals surface area contributed by atoms with E-state index in [4.69, 9.17) is 15.9 Å². The number of aromatic hydroxyl groups is 2. The van der Waals surface area contributed by atoms with Crippen molar-refractivity contribution in [2.75, 3.05) is 6.54 Å². The number of aliphatic carboxylic acids is 2. The van der Waals surface area contributed by atoms with E-state index in [1.807, 2.05) is 25.1 Å². The summed E-state index contributed by atoms with van der Waals surface area (Å²) in [6.07, 6.45) is 0. The molecule has 0 bridgehead atoms. The average molecular weight is 444 g/mol. The van der Waals surface area contributed by atoms with Gasteiger partial charge in [0.15, 0.2) is 11.5 Å². The first-order chi connectivity index (χ1) is 13.3. The SMILES string of the molecule is CC(C)C(=O)O.CC(C)C(=O)O.Cc1c(O)c(O)cc2cccc(C(C)CN)c12.Cl. The van der Waals surface area contributed by atoms with E-state index < -0.39 is 11.9 Å². The van der Waals surface area contributed by atoms with Crippen molar-refractivity contribution in [2.24, 2.45) is 17.6 Å². The Balaban J connectivity index is 0. The van der Waals surface area contributed by atoms with Gasteiger partial charge in [-0.05, 0) is 41.8 Å². The van der Waals surface area contributed by atoms with Crippen molar-refractivity contribution in [1.29, 1.82) is 0 Å². The normalized spacial score (nSPS) is 11.0. The fourth-order valence-electron chi connectivity index (χ4n) is 2.21. The molecule has 2 rings (SSSR count). The van der Waals surface area contributed by atoms with Crippen LogP contribution in [0.5, 0.6) is 11.5 Å².